The Morgan fingerprint density at radius 3 is 2.74 bits per heavy atom. The molecule has 0 fully saturated rings. The monoisotopic (exact) mass is 255 g/mol. The molecule has 2 heteroatoms. The van der Waals surface area contributed by atoms with E-state index in [0.29, 0.717) is 6.54 Å². The Kier molecular flexibility index (Phi) is 3.11. The molecule has 0 aliphatic heterocycles. The summed E-state index contributed by atoms with van der Waals surface area (Å²) in [5, 5.41) is 0. The van der Waals surface area contributed by atoms with Crippen molar-refractivity contribution in [2.75, 3.05) is 6.54 Å². The highest BCUT2D eigenvalue weighted by atomic mass is 19.1. The van der Waals surface area contributed by atoms with Crippen LogP contribution in [0.2, 0.25) is 0 Å². The van der Waals surface area contributed by atoms with Gasteiger partial charge >= 0.3 is 0 Å². The van der Waals surface area contributed by atoms with Gasteiger partial charge in [0.15, 0.2) is 0 Å². The van der Waals surface area contributed by atoms with E-state index in [4.69, 9.17) is 5.73 Å². The Labute approximate surface area is 113 Å². The van der Waals surface area contributed by atoms with E-state index in [0.717, 1.165) is 29.5 Å². The van der Waals surface area contributed by atoms with E-state index < -0.39 is 0 Å². The molecule has 1 unspecified atom stereocenters. The molecule has 0 amide bonds. The third-order valence-electron chi connectivity index (χ3n) is 4.05. The lowest BCUT2D eigenvalue weighted by Gasteiger charge is -2.12. The largest absolute Gasteiger partial charge is 0.330 e. The molecule has 1 aliphatic carbocycles. The second kappa shape index (κ2) is 4.78. The van der Waals surface area contributed by atoms with Crippen molar-refractivity contribution in [2.24, 2.45) is 5.73 Å². The quantitative estimate of drug-likeness (QED) is 0.885. The van der Waals surface area contributed by atoms with Crippen LogP contribution in [0.15, 0.2) is 36.4 Å². The Balaban J connectivity index is 2.23. The summed E-state index contributed by atoms with van der Waals surface area (Å²) in [4.78, 5) is 0. The van der Waals surface area contributed by atoms with E-state index in [1.54, 1.807) is 12.1 Å². The van der Waals surface area contributed by atoms with Gasteiger partial charge in [-0.1, -0.05) is 37.3 Å². The number of nitrogens with two attached hydrogens (primary N) is 1. The molecular formula is C17H18FN. The van der Waals surface area contributed by atoms with E-state index in [9.17, 15) is 4.39 Å². The van der Waals surface area contributed by atoms with Crippen molar-refractivity contribution in [1.29, 1.82) is 0 Å². The van der Waals surface area contributed by atoms with Gasteiger partial charge in [-0.05, 0) is 47.7 Å². The summed E-state index contributed by atoms with van der Waals surface area (Å²) in [6.45, 7) is 2.76. The van der Waals surface area contributed by atoms with Gasteiger partial charge in [0.1, 0.15) is 5.82 Å². The van der Waals surface area contributed by atoms with Crippen LogP contribution in [-0.2, 0) is 6.42 Å². The molecule has 0 saturated heterocycles. The molecule has 19 heavy (non-hydrogen) atoms. The fraction of sp³-hybridized carbons (Fsp3) is 0.294. The number of fused-ring (bicyclic) bond motifs is 3. The Bertz CT molecular complexity index is 619. The van der Waals surface area contributed by atoms with Gasteiger partial charge in [0.2, 0.25) is 0 Å². The van der Waals surface area contributed by atoms with Gasteiger partial charge in [-0.15, -0.1) is 0 Å². The van der Waals surface area contributed by atoms with Crippen LogP contribution in [-0.4, -0.2) is 6.54 Å². The molecule has 0 saturated carbocycles. The molecule has 0 bridgehead atoms. The van der Waals surface area contributed by atoms with Gasteiger partial charge in [-0.2, -0.15) is 0 Å². The molecular weight excluding hydrogens is 237 g/mol. The van der Waals surface area contributed by atoms with Gasteiger partial charge in [0, 0.05) is 11.5 Å². The smallest absolute Gasteiger partial charge is 0.131 e. The van der Waals surface area contributed by atoms with Gasteiger partial charge in [-0.3, -0.25) is 0 Å². The molecule has 1 atom stereocenters. The molecule has 1 nitrogen and oxygen atoms in total. The summed E-state index contributed by atoms with van der Waals surface area (Å²) < 4.78 is 14.1. The SMILES string of the molecule is CCc1ccc2c(c1)C(CCN)c1cccc(F)c1-2. The molecule has 0 heterocycles. The first kappa shape index (κ1) is 12.4. The van der Waals surface area contributed by atoms with Crippen LogP contribution in [0.5, 0.6) is 0 Å². The maximum atomic E-state index is 14.1. The van der Waals surface area contributed by atoms with Crippen LogP contribution in [0.4, 0.5) is 4.39 Å². The number of benzene rings is 2. The zero-order valence-electron chi connectivity index (χ0n) is 11.1. The van der Waals surface area contributed by atoms with Crippen LogP contribution in [0.1, 0.15) is 36.0 Å². The van der Waals surface area contributed by atoms with Crippen molar-refractivity contribution < 1.29 is 4.39 Å². The molecule has 3 rings (SSSR count). The van der Waals surface area contributed by atoms with E-state index >= 15 is 0 Å². The van der Waals surface area contributed by atoms with Crippen LogP contribution >= 0.6 is 0 Å². The van der Waals surface area contributed by atoms with Gasteiger partial charge in [0.05, 0.1) is 0 Å². The summed E-state index contributed by atoms with van der Waals surface area (Å²) in [7, 11) is 0. The van der Waals surface area contributed by atoms with Crippen LogP contribution < -0.4 is 5.73 Å². The lowest BCUT2D eigenvalue weighted by Crippen LogP contribution is -2.06. The zero-order chi connectivity index (χ0) is 13.4. The highest BCUT2D eigenvalue weighted by molar-refractivity contribution is 5.79. The Morgan fingerprint density at radius 1 is 1.16 bits per heavy atom. The van der Waals surface area contributed by atoms with E-state index in [2.05, 4.69) is 25.1 Å². The summed E-state index contributed by atoms with van der Waals surface area (Å²) in [6, 6.07) is 11.7. The van der Waals surface area contributed by atoms with Crippen LogP contribution in [0.25, 0.3) is 11.1 Å². The van der Waals surface area contributed by atoms with Crippen molar-refractivity contribution in [3.63, 3.8) is 0 Å². The molecule has 0 aromatic heterocycles. The third kappa shape index (κ3) is 1.87. The first-order chi connectivity index (χ1) is 9.26. The Hall–Kier alpha value is -1.67. The van der Waals surface area contributed by atoms with Crippen LogP contribution in [0, 0.1) is 5.82 Å². The minimum Gasteiger partial charge on any atom is -0.330 e. The molecule has 98 valence electrons. The van der Waals surface area contributed by atoms with E-state index in [-0.39, 0.29) is 11.7 Å². The number of aryl methyl sites for hydroxylation is 1. The molecule has 1 aliphatic rings. The summed E-state index contributed by atoms with van der Waals surface area (Å²) in [5.74, 6) is 0.125. The minimum absolute atomic E-state index is 0.123. The average molecular weight is 255 g/mol. The number of rotatable bonds is 3. The molecule has 0 radical (unpaired) electrons. The van der Waals surface area contributed by atoms with Crippen molar-refractivity contribution in [1.82, 2.24) is 0 Å². The van der Waals surface area contributed by atoms with Crippen molar-refractivity contribution in [3.8, 4) is 11.1 Å². The van der Waals surface area contributed by atoms with Gasteiger partial charge in [-0.25, -0.2) is 4.39 Å². The Morgan fingerprint density at radius 2 is 2.00 bits per heavy atom. The van der Waals surface area contributed by atoms with Gasteiger partial charge in [0.25, 0.3) is 0 Å². The normalized spacial score (nSPS) is 16.3. The second-order valence-electron chi connectivity index (χ2n) is 5.11. The molecule has 0 spiro atoms. The van der Waals surface area contributed by atoms with Crippen molar-refractivity contribution in [2.45, 2.75) is 25.7 Å². The average Bonchev–Trinajstić information content (AvgIpc) is 2.74. The predicted octanol–water partition coefficient (Wildman–Crippen LogP) is 3.85. The lowest BCUT2D eigenvalue weighted by atomic mass is 9.92. The fourth-order valence-electron chi connectivity index (χ4n) is 3.11. The fourth-order valence-corrected chi connectivity index (χ4v) is 3.11. The minimum atomic E-state index is -0.123. The van der Waals surface area contributed by atoms with Crippen molar-refractivity contribution >= 4 is 0 Å². The molecule has 2 aromatic rings. The first-order valence-corrected chi connectivity index (χ1v) is 6.88. The van der Waals surface area contributed by atoms with Gasteiger partial charge < -0.3 is 5.73 Å². The maximum absolute atomic E-state index is 14.1. The third-order valence-corrected chi connectivity index (χ3v) is 4.05. The second-order valence-corrected chi connectivity index (χ2v) is 5.11. The van der Waals surface area contributed by atoms with Crippen LogP contribution in [0.3, 0.4) is 0 Å². The maximum Gasteiger partial charge on any atom is 0.131 e. The first-order valence-electron chi connectivity index (χ1n) is 6.88. The standard InChI is InChI=1S/C17H18FN/c1-2-11-6-7-14-15(10-11)12(8-9-19)13-4-3-5-16(18)17(13)14/h3-7,10,12H,2,8-9,19H2,1H3. The highest BCUT2D eigenvalue weighted by Crippen LogP contribution is 2.47. The predicted molar refractivity (Wildman–Crippen MR) is 76.7 cm³/mol. The molecule has 2 N–H and O–H groups in total. The summed E-state index contributed by atoms with van der Waals surface area (Å²) >= 11 is 0. The topological polar surface area (TPSA) is 26.0 Å². The van der Waals surface area contributed by atoms with E-state index in [1.165, 1.54) is 11.1 Å². The highest BCUT2D eigenvalue weighted by Gasteiger charge is 2.30. The van der Waals surface area contributed by atoms with Crippen molar-refractivity contribution in [3.05, 3.63) is 58.9 Å². The number of hydrogen-bond donors (Lipinski definition) is 1. The number of hydrogen-bond acceptors (Lipinski definition) is 1. The summed E-state index contributed by atoms with van der Waals surface area (Å²) in [5.41, 5.74) is 11.2. The zero-order valence-corrected chi connectivity index (χ0v) is 11.1. The lowest BCUT2D eigenvalue weighted by molar-refractivity contribution is 0.629. The van der Waals surface area contributed by atoms with E-state index in [1.807, 2.05) is 6.07 Å². The summed E-state index contributed by atoms with van der Waals surface area (Å²) in [6.07, 6.45) is 1.87. The molecule has 2 aromatic carbocycles. The number of halogens is 1.